The summed E-state index contributed by atoms with van der Waals surface area (Å²) in [6, 6.07) is 9.51. The molecule has 0 saturated heterocycles. The van der Waals surface area contributed by atoms with Gasteiger partial charge in [0.05, 0.1) is 0 Å². The molecule has 5 nitrogen and oxygen atoms in total. The number of benzene rings is 2. The molecule has 0 radical (unpaired) electrons. The molecule has 8 heteroatoms. The zero-order valence-corrected chi connectivity index (χ0v) is 12.8. The quantitative estimate of drug-likeness (QED) is 0.703. The van der Waals surface area contributed by atoms with Gasteiger partial charge < -0.3 is 5.73 Å². The van der Waals surface area contributed by atoms with Gasteiger partial charge in [0.2, 0.25) is 0 Å². The second-order valence-electron chi connectivity index (χ2n) is 4.25. The van der Waals surface area contributed by atoms with E-state index in [1.807, 2.05) is 0 Å². The van der Waals surface area contributed by atoms with E-state index in [-0.39, 0.29) is 5.69 Å². The predicted octanol–water partition coefficient (Wildman–Crippen LogP) is 3.47. The minimum Gasteiger partial charge on any atom is -0.399 e. The van der Waals surface area contributed by atoms with E-state index in [1.165, 1.54) is 16.8 Å². The lowest BCUT2D eigenvalue weighted by Crippen LogP contribution is -2.03. The van der Waals surface area contributed by atoms with Gasteiger partial charge in [-0.2, -0.15) is 4.68 Å². The first-order chi connectivity index (χ1) is 10.1. The zero-order valence-electron chi connectivity index (χ0n) is 10.5. The van der Waals surface area contributed by atoms with Gasteiger partial charge in [0, 0.05) is 20.7 Å². The Morgan fingerprint density at radius 1 is 1.19 bits per heavy atom. The molecular weight excluding hydrogens is 361 g/mol. The predicted molar refractivity (Wildman–Crippen MR) is 81.7 cm³/mol. The van der Waals surface area contributed by atoms with Crippen molar-refractivity contribution in [3.63, 3.8) is 0 Å². The lowest BCUT2D eigenvalue weighted by atomic mass is 10.2. The molecule has 0 aliphatic carbocycles. The van der Waals surface area contributed by atoms with Crippen molar-refractivity contribution in [2.45, 2.75) is 0 Å². The molecule has 0 atom stereocenters. The number of hydrogen-bond acceptors (Lipinski definition) is 4. The van der Waals surface area contributed by atoms with Crippen LogP contribution in [0.3, 0.4) is 0 Å². The highest BCUT2D eigenvalue weighted by molar-refractivity contribution is 9.10. The molecule has 106 valence electrons. The van der Waals surface area contributed by atoms with Gasteiger partial charge in [-0.1, -0.05) is 27.5 Å². The molecule has 0 amide bonds. The van der Waals surface area contributed by atoms with Gasteiger partial charge in [-0.05, 0) is 46.8 Å². The molecule has 0 unspecified atom stereocenters. The number of aromatic nitrogens is 4. The molecule has 0 aliphatic heterocycles. The Balaban J connectivity index is 2.19. The molecule has 1 heterocycles. The third-order valence-corrected chi connectivity index (χ3v) is 3.77. The van der Waals surface area contributed by atoms with Gasteiger partial charge in [-0.25, -0.2) is 4.39 Å². The molecule has 3 aromatic rings. The Labute approximate surface area is 132 Å². The van der Waals surface area contributed by atoms with Crippen LogP contribution in [0.5, 0.6) is 0 Å². The highest BCUT2D eigenvalue weighted by Gasteiger charge is 2.16. The molecule has 0 fully saturated rings. The second-order valence-corrected chi connectivity index (χ2v) is 5.54. The van der Waals surface area contributed by atoms with Crippen LogP contribution in [0.2, 0.25) is 5.02 Å². The molecule has 0 spiro atoms. The van der Waals surface area contributed by atoms with Crippen molar-refractivity contribution >= 4 is 33.2 Å². The van der Waals surface area contributed by atoms with E-state index in [0.717, 1.165) is 4.47 Å². The van der Waals surface area contributed by atoms with E-state index >= 15 is 0 Å². The van der Waals surface area contributed by atoms with Crippen LogP contribution < -0.4 is 5.73 Å². The lowest BCUT2D eigenvalue weighted by Gasteiger charge is -2.08. The number of tetrazole rings is 1. The maximum absolute atomic E-state index is 14.1. The first kappa shape index (κ1) is 14.0. The molecule has 21 heavy (non-hydrogen) atoms. The molecule has 2 N–H and O–H groups in total. The third kappa shape index (κ3) is 2.62. The van der Waals surface area contributed by atoms with Crippen LogP contribution in [0.4, 0.5) is 10.1 Å². The van der Waals surface area contributed by atoms with Crippen LogP contribution >= 0.6 is 27.5 Å². The summed E-state index contributed by atoms with van der Waals surface area (Å²) in [5.41, 5.74) is 7.20. The van der Waals surface area contributed by atoms with Crippen LogP contribution in [0, 0.1) is 5.82 Å². The van der Waals surface area contributed by atoms with Crippen LogP contribution in [0.15, 0.2) is 40.9 Å². The van der Waals surface area contributed by atoms with E-state index in [1.54, 1.807) is 24.3 Å². The summed E-state index contributed by atoms with van der Waals surface area (Å²) in [4.78, 5) is 0. The molecular formula is C13H8BrClFN5. The van der Waals surface area contributed by atoms with Crippen molar-refractivity contribution in [2.75, 3.05) is 5.73 Å². The zero-order chi connectivity index (χ0) is 15.0. The fourth-order valence-corrected chi connectivity index (χ4v) is 2.47. The highest BCUT2D eigenvalue weighted by atomic mass is 79.9. The Bertz CT molecular complexity index is 820. The standard InChI is InChI=1S/C13H8BrClFN5/c14-10-3-2-8(17)6-9(10)13-18-19-20-21(13)12-4-1-7(15)5-11(12)16/h1-6H,17H2. The first-order valence-electron chi connectivity index (χ1n) is 5.85. The summed E-state index contributed by atoms with van der Waals surface area (Å²) in [7, 11) is 0. The number of nitrogen functional groups attached to an aromatic ring is 1. The average Bonchev–Trinajstić information content (AvgIpc) is 2.90. The van der Waals surface area contributed by atoms with Gasteiger partial charge in [0.25, 0.3) is 0 Å². The van der Waals surface area contributed by atoms with Gasteiger partial charge in [0.15, 0.2) is 5.82 Å². The summed E-state index contributed by atoms with van der Waals surface area (Å²) in [6.45, 7) is 0. The van der Waals surface area contributed by atoms with E-state index in [4.69, 9.17) is 17.3 Å². The molecule has 2 aromatic carbocycles. The summed E-state index contributed by atoms with van der Waals surface area (Å²) in [6.07, 6.45) is 0. The van der Waals surface area contributed by atoms with E-state index in [2.05, 4.69) is 31.5 Å². The Morgan fingerprint density at radius 3 is 2.76 bits per heavy atom. The van der Waals surface area contributed by atoms with Crippen molar-refractivity contribution in [3.8, 4) is 17.1 Å². The smallest absolute Gasteiger partial charge is 0.188 e. The normalized spacial score (nSPS) is 10.8. The van der Waals surface area contributed by atoms with E-state index in [9.17, 15) is 4.39 Å². The third-order valence-electron chi connectivity index (χ3n) is 2.84. The van der Waals surface area contributed by atoms with Crippen molar-refractivity contribution in [3.05, 3.63) is 51.7 Å². The largest absolute Gasteiger partial charge is 0.399 e. The monoisotopic (exact) mass is 367 g/mol. The number of nitrogens with two attached hydrogens (primary N) is 1. The average molecular weight is 369 g/mol. The van der Waals surface area contributed by atoms with E-state index in [0.29, 0.717) is 22.1 Å². The van der Waals surface area contributed by atoms with Gasteiger partial charge >= 0.3 is 0 Å². The maximum atomic E-state index is 14.1. The SMILES string of the molecule is Nc1ccc(Br)c(-c2nnnn2-c2ccc(Cl)cc2F)c1. The van der Waals surface area contributed by atoms with Crippen LogP contribution in [-0.2, 0) is 0 Å². The Morgan fingerprint density at radius 2 is 2.00 bits per heavy atom. The first-order valence-corrected chi connectivity index (χ1v) is 7.02. The van der Waals surface area contributed by atoms with Crippen LogP contribution in [0.1, 0.15) is 0 Å². The number of nitrogens with zero attached hydrogens (tertiary/aromatic N) is 4. The molecule has 0 aliphatic rings. The minimum atomic E-state index is -0.518. The molecule has 0 saturated carbocycles. The molecule has 3 rings (SSSR count). The number of anilines is 1. The van der Waals surface area contributed by atoms with Crippen molar-refractivity contribution in [1.29, 1.82) is 0 Å². The summed E-state index contributed by atoms with van der Waals surface area (Å²) in [5.74, 6) is -0.147. The van der Waals surface area contributed by atoms with Crippen molar-refractivity contribution in [1.82, 2.24) is 20.2 Å². The van der Waals surface area contributed by atoms with Gasteiger partial charge in [-0.15, -0.1) is 5.10 Å². The van der Waals surface area contributed by atoms with Crippen LogP contribution in [-0.4, -0.2) is 20.2 Å². The molecule has 1 aromatic heterocycles. The fourth-order valence-electron chi connectivity index (χ4n) is 1.88. The maximum Gasteiger partial charge on any atom is 0.188 e. The van der Waals surface area contributed by atoms with Crippen molar-refractivity contribution in [2.24, 2.45) is 0 Å². The summed E-state index contributed by atoms with van der Waals surface area (Å²) < 4.78 is 16.1. The number of rotatable bonds is 2. The molecule has 0 bridgehead atoms. The van der Waals surface area contributed by atoms with Crippen LogP contribution in [0.25, 0.3) is 17.1 Å². The topological polar surface area (TPSA) is 69.6 Å². The van der Waals surface area contributed by atoms with E-state index < -0.39 is 5.82 Å². The number of halogens is 3. The number of hydrogen-bond donors (Lipinski definition) is 1. The summed E-state index contributed by atoms with van der Waals surface area (Å²) in [5, 5.41) is 11.7. The summed E-state index contributed by atoms with van der Waals surface area (Å²) >= 11 is 9.17. The fraction of sp³-hybridized carbons (Fsp3) is 0. The Hall–Kier alpha value is -1.99. The minimum absolute atomic E-state index is 0.203. The second kappa shape index (κ2) is 5.42. The highest BCUT2D eigenvalue weighted by Crippen LogP contribution is 2.30. The Kier molecular flexibility index (Phi) is 3.60. The van der Waals surface area contributed by atoms with Gasteiger partial charge in [-0.3, -0.25) is 0 Å². The van der Waals surface area contributed by atoms with Crippen molar-refractivity contribution < 1.29 is 4.39 Å². The van der Waals surface area contributed by atoms with Gasteiger partial charge in [0.1, 0.15) is 11.5 Å². The lowest BCUT2D eigenvalue weighted by molar-refractivity contribution is 0.608.